The minimum absolute atomic E-state index is 0.0225. The fourth-order valence-electron chi connectivity index (χ4n) is 3.65. The van der Waals surface area contributed by atoms with E-state index in [1.807, 2.05) is 12.1 Å². The van der Waals surface area contributed by atoms with Crippen molar-refractivity contribution in [2.24, 2.45) is 0 Å². The van der Waals surface area contributed by atoms with Crippen LogP contribution in [0.4, 0.5) is 0 Å². The van der Waals surface area contributed by atoms with E-state index in [1.165, 1.54) is 17.3 Å². The molecular formula is C24H18BrClN2O3. The Morgan fingerprint density at radius 1 is 1.26 bits per heavy atom. The highest BCUT2D eigenvalue weighted by molar-refractivity contribution is 9.10. The number of benzene rings is 2. The van der Waals surface area contributed by atoms with Gasteiger partial charge in [-0.05, 0) is 42.2 Å². The van der Waals surface area contributed by atoms with Crippen LogP contribution in [0.1, 0.15) is 39.0 Å². The summed E-state index contributed by atoms with van der Waals surface area (Å²) in [5.74, 6) is 0.852. The summed E-state index contributed by atoms with van der Waals surface area (Å²) >= 11 is 10.0. The lowest BCUT2D eigenvalue weighted by atomic mass is 9.90. The molecule has 2 aromatic carbocycles. The van der Waals surface area contributed by atoms with Crippen LogP contribution in [0.25, 0.3) is 0 Å². The number of fused-ring (bicyclic) bond motifs is 1. The first-order valence-electron chi connectivity index (χ1n) is 9.76. The van der Waals surface area contributed by atoms with Crippen LogP contribution in [0.5, 0.6) is 11.5 Å². The highest BCUT2D eigenvalue weighted by atomic mass is 79.9. The zero-order valence-corrected chi connectivity index (χ0v) is 18.8. The van der Waals surface area contributed by atoms with Gasteiger partial charge in [-0.25, -0.2) is 0 Å². The van der Waals surface area contributed by atoms with Gasteiger partial charge in [0.25, 0.3) is 0 Å². The van der Waals surface area contributed by atoms with Gasteiger partial charge in [0.2, 0.25) is 0 Å². The predicted octanol–water partition coefficient (Wildman–Crippen LogP) is 5.70. The van der Waals surface area contributed by atoms with Crippen LogP contribution in [-0.4, -0.2) is 17.4 Å². The van der Waals surface area contributed by atoms with Crippen LogP contribution in [0.15, 0.2) is 53.3 Å². The number of aromatic nitrogens is 1. The van der Waals surface area contributed by atoms with Crippen LogP contribution in [-0.2, 0) is 19.4 Å². The molecule has 7 heteroatoms. The van der Waals surface area contributed by atoms with Crippen molar-refractivity contribution >= 4 is 33.8 Å². The van der Waals surface area contributed by atoms with Gasteiger partial charge in [0.1, 0.15) is 30.3 Å². The van der Waals surface area contributed by atoms with Crippen LogP contribution in [0.3, 0.4) is 0 Å². The molecular weight excluding hydrogens is 480 g/mol. The second-order valence-electron chi connectivity index (χ2n) is 7.28. The van der Waals surface area contributed by atoms with Crippen molar-refractivity contribution in [3.8, 4) is 17.6 Å². The molecule has 0 unspecified atom stereocenters. The van der Waals surface area contributed by atoms with E-state index in [-0.39, 0.29) is 12.7 Å². The second kappa shape index (κ2) is 9.51. The first-order chi connectivity index (χ1) is 15.1. The average Bonchev–Trinajstić information content (AvgIpc) is 2.79. The number of carbonyl (C=O) groups is 1. The van der Waals surface area contributed by atoms with E-state index in [9.17, 15) is 4.79 Å². The number of nitriles is 1. The van der Waals surface area contributed by atoms with Crippen molar-refractivity contribution in [2.75, 3.05) is 0 Å². The Morgan fingerprint density at radius 3 is 2.94 bits per heavy atom. The Balaban J connectivity index is 1.52. The van der Waals surface area contributed by atoms with Crippen LogP contribution < -0.4 is 9.47 Å². The van der Waals surface area contributed by atoms with E-state index in [0.29, 0.717) is 33.9 Å². The maximum atomic E-state index is 11.5. The molecule has 0 spiro atoms. The van der Waals surface area contributed by atoms with Crippen LogP contribution in [0, 0.1) is 11.3 Å². The third-order valence-electron chi connectivity index (χ3n) is 5.18. The lowest BCUT2D eigenvalue weighted by molar-refractivity contribution is 0.111. The van der Waals surface area contributed by atoms with E-state index in [2.05, 4.69) is 33.0 Å². The van der Waals surface area contributed by atoms with E-state index < -0.39 is 0 Å². The number of nitrogens with zero attached hydrogens (tertiary/aromatic N) is 2. The molecule has 5 nitrogen and oxygen atoms in total. The molecule has 0 aliphatic heterocycles. The van der Waals surface area contributed by atoms with Gasteiger partial charge in [-0.2, -0.15) is 5.26 Å². The molecule has 0 fully saturated rings. The molecule has 1 aliphatic carbocycles. The van der Waals surface area contributed by atoms with Crippen molar-refractivity contribution < 1.29 is 14.3 Å². The summed E-state index contributed by atoms with van der Waals surface area (Å²) < 4.78 is 13.2. The van der Waals surface area contributed by atoms with Gasteiger partial charge in [-0.1, -0.05) is 39.7 Å². The van der Waals surface area contributed by atoms with E-state index in [1.54, 1.807) is 24.4 Å². The summed E-state index contributed by atoms with van der Waals surface area (Å²) in [5.41, 5.74) is 4.08. The molecule has 0 saturated heterocycles. The predicted molar refractivity (Wildman–Crippen MR) is 121 cm³/mol. The van der Waals surface area contributed by atoms with Crippen LogP contribution >= 0.6 is 27.5 Å². The van der Waals surface area contributed by atoms with E-state index in [0.717, 1.165) is 29.3 Å². The van der Waals surface area contributed by atoms with Gasteiger partial charge in [0, 0.05) is 34.9 Å². The van der Waals surface area contributed by atoms with Crippen molar-refractivity contribution in [2.45, 2.75) is 32.0 Å². The molecule has 0 radical (unpaired) electrons. The summed E-state index contributed by atoms with van der Waals surface area (Å²) in [6, 6.07) is 13.1. The number of pyridine rings is 1. The Labute approximate surface area is 193 Å². The van der Waals surface area contributed by atoms with Gasteiger partial charge in [-0.15, -0.1) is 0 Å². The molecule has 1 atom stereocenters. The lowest BCUT2D eigenvalue weighted by Crippen LogP contribution is -2.25. The molecule has 31 heavy (non-hydrogen) atoms. The lowest BCUT2D eigenvalue weighted by Gasteiger charge is -2.27. The quantitative estimate of drug-likeness (QED) is 0.409. The summed E-state index contributed by atoms with van der Waals surface area (Å²) in [7, 11) is 0. The van der Waals surface area contributed by atoms with Crippen molar-refractivity contribution in [3.63, 3.8) is 0 Å². The van der Waals surface area contributed by atoms with Gasteiger partial charge < -0.3 is 9.47 Å². The van der Waals surface area contributed by atoms with Crippen LogP contribution in [0.2, 0.25) is 5.02 Å². The highest BCUT2D eigenvalue weighted by Gasteiger charge is 2.23. The molecule has 0 bridgehead atoms. The smallest absolute Gasteiger partial charge is 0.153 e. The molecule has 0 saturated carbocycles. The molecule has 4 rings (SSSR count). The fourth-order valence-corrected chi connectivity index (χ4v) is 4.48. The Hall–Kier alpha value is -2.88. The first-order valence-corrected chi connectivity index (χ1v) is 10.9. The van der Waals surface area contributed by atoms with E-state index >= 15 is 0 Å². The number of aldehydes is 1. The Morgan fingerprint density at radius 2 is 2.13 bits per heavy atom. The van der Waals surface area contributed by atoms with Gasteiger partial charge in [-0.3, -0.25) is 9.78 Å². The maximum absolute atomic E-state index is 11.5. The number of hydrogen-bond acceptors (Lipinski definition) is 5. The number of carbonyl (C=O) groups excluding carboxylic acids is 1. The van der Waals surface area contributed by atoms with Gasteiger partial charge in [0.05, 0.1) is 16.1 Å². The summed E-state index contributed by atoms with van der Waals surface area (Å²) in [6.07, 6.45) is 6.33. The third-order valence-corrected chi connectivity index (χ3v) is 6.22. The third kappa shape index (κ3) is 4.90. The van der Waals surface area contributed by atoms with E-state index in [4.69, 9.17) is 26.3 Å². The normalized spacial score (nSPS) is 14.9. The molecule has 156 valence electrons. The average molecular weight is 498 g/mol. The van der Waals surface area contributed by atoms with Crippen molar-refractivity contribution in [1.82, 2.24) is 4.98 Å². The van der Waals surface area contributed by atoms with Crippen molar-refractivity contribution in [1.29, 1.82) is 5.26 Å². The number of ether oxygens (including phenoxy) is 2. The molecule has 0 N–H and O–H groups in total. The monoisotopic (exact) mass is 496 g/mol. The summed E-state index contributed by atoms with van der Waals surface area (Å²) in [6.45, 7) is 0.162. The molecule has 1 aromatic heterocycles. The van der Waals surface area contributed by atoms with Gasteiger partial charge in [0.15, 0.2) is 6.29 Å². The van der Waals surface area contributed by atoms with Gasteiger partial charge >= 0.3 is 0 Å². The second-order valence-corrected chi connectivity index (χ2v) is 8.54. The maximum Gasteiger partial charge on any atom is 0.153 e. The standard InChI is InChI=1S/C24H18BrClN2O3/c25-21-3-1-2-17-7-19(4-5-20(17)21)31-24-9-23(18(13-29)8-22(24)26)30-14-16-6-15(10-27)11-28-12-16/h1-3,6,8-9,11-13,19H,4-5,7,14H2/t19-/m0/s1. The fraction of sp³-hybridized carbons (Fsp3) is 0.208. The summed E-state index contributed by atoms with van der Waals surface area (Å²) in [4.78, 5) is 15.5. The Kier molecular flexibility index (Phi) is 6.55. The molecule has 1 aliphatic rings. The number of halogens is 2. The topological polar surface area (TPSA) is 72.2 Å². The minimum Gasteiger partial charge on any atom is -0.488 e. The number of hydrogen-bond donors (Lipinski definition) is 0. The molecule has 1 heterocycles. The van der Waals surface area contributed by atoms with Crippen molar-refractivity contribution in [3.05, 3.63) is 86.1 Å². The SMILES string of the molecule is N#Cc1cncc(COc2cc(O[C@H]3CCc4c(Br)cccc4C3)c(Cl)cc2C=O)c1. The molecule has 3 aromatic rings. The molecule has 0 amide bonds. The highest BCUT2D eigenvalue weighted by Crippen LogP contribution is 2.36. The largest absolute Gasteiger partial charge is 0.488 e. The Bertz CT molecular complexity index is 1180. The zero-order chi connectivity index (χ0) is 21.8. The minimum atomic E-state index is -0.0225. The zero-order valence-electron chi connectivity index (χ0n) is 16.5. The number of rotatable bonds is 6. The first kappa shape index (κ1) is 21.4. The summed E-state index contributed by atoms with van der Waals surface area (Å²) in [5, 5.41) is 9.38.